The molecule has 2 aromatic rings. The fourth-order valence-corrected chi connectivity index (χ4v) is 5.70. The van der Waals surface area contributed by atoms with Crippen LogP contribution in [0.5, 0.6) is 0 Å². The summed E-state index contributed by atoms with van der Waals surface area (Å²) in [6.45, 7) is 3.22. The van der Waals surface area contributed by atoms with Gasteiger partial charge in [0.15, 0.2) is 0 Å². The van der Waals surface area contributed by atoms with Crippen molar-refractivity contribution >= 4 is 23.5 Å². The van der Waals surface area contributed by atoms with Crippen LogP contribution < -0.4 is 5.32 Å². The van der Waals surface area contributed by atoms with Crippen molar-refractivity contribution in [1.82, 2.24) is 15.1 Å². The maximum absolute atomic E-state index is 13.3. The van der Waals surface area contributed by atoms with Crippen molar-refractivity contribution in [3.05, 3.63) is 70.0 Å². The van der Waals surface area contributed by atoms with E-state index < -0.39 is 5.54 Å². The average Bonchev–Trinajstić information content (AvgIpc) is 3.26. The van der Waals surface area contributed by atoms with Gasteiger partial charge in [-0.1, -0.05) is 29.8 Å². The van der Waals surface area contributed by atoms with Crippen molar-refractivity contribution in [2.24, 2.45) is 0 Å². The Balaban J connectivity index is 1.14. The van der Waals surface area contributed by atoms with Gasteiger partial charge in [0, 0.05) is 11.6 Å². The molecule has 2 fully saturated rings. The van der Waals surface area contributed by atoms with Crippen molar-refractivity contribution < 1.29 is 14.0 Å². The molecular weight excluding hydrogens is 429 g/mol. The van der Waals surface area contributed by atoms with Crippen molar-refractivity contribution in [2.45, 2.75) is 43.6 Å². The van der Waals surface area contributed by atoms with Crippen LogP contribution in [0.2, 0.25) is 5.02 Å². The predicted molar refractivity (Wildman–Crippen MR) is 121 cm³/mol. The molecule has 1 atom stereocenters. The number of fused-ring (bicyclic) bond motifs is 2. The molecule has 1 N–H and O–H groups in total. The number of imide groups is 1. The Morgan fingerprint density at radius 1 is 1.06 bits per heavy atom. The molecule has 2 aliphatic heterocycles. The first-order chi connectivity index (χ1) is 15.5. The van der Waals surface area contributed by atoms with Crippen molar-refractivity contribution in [3.8, 4) is 0 Å². The second-order valence-corrected chi connectivity index (χ2v) is 9.55. The number of hydrogen-bond donors (Lipinski definition) is 1. The zero-order valence-corrected chi connectivity index (χ0v) is 18.7. The summed E-state index contributed by atoms with van der Waals surface area (Å²) in [5.74, 6) is 0.130. The molecule has 0 saturated carbocycles. The van der Waals surface area contributed by atoms with E-state index in [9.17, 15) is 14.0 Å². The maximum atomic E-state index is 13.3. The van der Waals surface area contributed by atoms with Crippen LogP contribution in [0.25, 0.3) is 0 Å². The van der Waals surface area contributed by atoms with Crippen LogP contribution in [0, 0.1) is 5.82 Å². The van der Waals surface area contributed by atoms with E-state index >= 15 is 0 Å². The van der Waals surface area contributed by atoms with E-state index in [4.69, 9.17) is 11.6 Å². The Morgan fingerprint density at radius 2 is 1.81 bits per heavy atom. The number of nitrogens with one attached hydrogen (secondary N) is 1. The Labute approximate surface area is 192 Å². The SMILES string of the molecule is O=C1NC2(CCc3cc(Cl)ccc32)C(=O)N1CCCN1CCC(c2ccc(F)cc2)CC1. The number of carbonyl (C=O) groups is 2. The van der Waals surface area contributed by atoms with Crippen LogP contribution in [0.15, 0.2) is 42.5 Å². The van der Waals surface area contributed by atoms with Crippen LogP contribution >= 0.6 is 11.6 Å². The Hall–Kier alpha value is -2.44. The number of piperidine rings is 1. The number of hydrogen-bond acceptors (Lipinski definition) is 3. The fourth-order valence-electron chi connectivity index (χ4n) is 5.50. The summed E-state index contributed by atoms with van der Waals surface area (Å²) in [6.07, 6.45) is 4.15. The molecule has 1 aliphatic carbocycles. The molecule has 5 nitrogen and oxygen atoms in total. The van der Waals surface area contributed by atoms with Crippen molar-refractivity contribution in [1.29, 1.82) is 0 Å². The summed E-state index contributed by atoms with van der Waals surface area (Å²) < 4.78 is 13.2. The smallest absolute Gasteiger partial charge is 0.319 e. The van der Waals surface area contributed by atoms with Gasteiger partial charge in [-0.25, -0.2) is 9.18 Å². The summed E-state index contributed by atoms with van der Waals surface area (Å²) >= 11 is 6.10. The average molecular weight is 456 g/mol. The van der Waals surface area contributed by atoms with Gasteiger partial charge in [0.1, 0.15) is 11.4 Å². The number of nitrogens with zero attached hydrogens (tertiary/aromatic N) is 2. The highest BCUT2D eigenvalue weighted by molar-refractivity contribution is 6.30. The van der Waals surface area contributed by atoms with Crippen LogP contribution in [0.4, 0.5) is 9.18 Å². The lowest BCUT2D eigenvalue weighted by molar-refractivity contribution is -0.131. The maximum Gasteiger partial charge on any atom is 0.325 e. The summed E-state index contributed by atoms with van der Waals surface area (Å²) in [5.41, 5.74) is 2.20. The lowest BCUT2D eigenvalue weighted by atomic mass is 9.89. The van der Waals surface area contributed by atoms with Gasteiger partial charge in [0.2, 0.25) is 0 Å². The zero-order valence-electron chi connectivity index (χ0n) is 17.9. The number of likely N-dealkylation sites (tertiary alicyclic amines) is 1. The van der Waals surface area contributed by atoms with Gasteiger partial charge in [0.05, 0.1) is 0 Å². The molecule has 168 valence electrons. The molecule has 5 rings (SSSR count). The second kappa shape index (κ2) is 8.49. The number of halogens is 2. The minimum atomic E-state index is -0.926. The third-order valence-corrected chi connectivity index (χ3v) is 7.49. The molecule has 2 aromatic carbocycles. The van der Waals surface area contributed by atoms with Gasteiger partial charge in [-0.2, -0.15) is 0 Å². The Bertz CT molecular complexity index is 1040. The van der Waals surface area contributed by atoms with Gasteiger partial charge in [-0.15, -0.1) is 0 Å². The summed E-state index contributed by atoms with van der Waals surface area (Å²) in [7, 11) is 0. The molecule has 7 heteroatoms. The molecule has 0 bridgehead atoms. The highest BCUT2D eigenvalue weighted by Crippen LogP contribution is 2.42. The van der Waals surface area contributed by atoms with Crippen LogP contribution in [0.3, 0.4) is 0 Å². The first kappa shape index (κ1) is 21.4. The van der Waals surface area contributed by atoms with Crippen molar-refractivity contribution in [3.63, 3.8) is 0 Å². The minimum absolute atomic E-state index is 0.140. The van der Waals surface area contributed by atoms with E-state index in [-0.39, 0.29) is 17.8 Å². The quantitative estimate of drug-likeness (QED) is 0.678. The van der Waals surface area contributed by atoms with Gasteiger partial charge < -0.3 is 10.2 Å². The monoisotopic (exact) mass is 455 g/mol. The molecule has 3 amide bonds. The van der Waals surface area contributed by atoms with Crippen LogP contribution in [-0.2, 0) is 16.8 Å². The fraction of sp³-hybridized carbons (Fsp3) is 0.440. The second-order valence-electron chi connectivity index (χ2n) is 9.11. The predicted octanol–water partition coefficient (Wildman–Crippen LogP) is 4.44. The van der Waals surface area contributed by atoms with Gasteiger partial charge >= 0.3 is 6.03 Å². The largest absolute Gasteiger partial charge is 0.325 e. The first-order valence-electron chi connectivity index (χ1n) is 11.4. The van der Waals surface area contributed by atoms with E-state index in [2.05, 4.69) is 10.2 Å². The number of benzene rings is 2. The van der Waals surface area contributed by atoms with E-state index in [1.165, 1.54) is 22.6 Å². The number of rotatable bonds is 5. The normalized spacial score (nSPS) is 23.8. The molecule has 0 aromatic heterocycles. The van der Waals surface area contributed by atoms with Gasteiger partial charge in [0.25, 0.3) is 5.91 Å². The standard InChI is InChI=1S/C25H27ClFN3O2/c26-20-4-7-22-19(16-20)8-11-25(22)23(31)30(24(32)28-25)13-1-12-29-14-9-18(10-15-29)17-2-5-21(27)6-3-17/h2-7,16,18H,1,8-15H2,(H,28,32). The number of carbonyl (C=O) groups excluding carboxylic acids is 2. The van der Waals surface area contributed by atoms with Gasteiger partial charge in [-0.3, -0.25) is 9.69 Å². The molecule has 2 saturated heterocycles. The first-order valence-corrected chi connectivity index (χ1v) is 11.7. The van der Waals surface area contributed by atoms with E-state index in [1.807, 2.05) is 24.3 Å². The number of amides is 3. The van der Waals surface area contributed by atoms with Crippen LogP contribution in [-0.4, -0.2) is 47.9 Å². The minimum Gasteiger partial charge on any atom is -0.319 e. The molecular formula is C25H27ClFN3O2. The summed E-state index contributed by atoms with van der Waals surface area (Å²) in [4.78, 5) is 29.7. The Morgan fingerprint density at radius 3 is 2.56 bits per heavy atom. The molecule has 0 radical (unpaired) electrons. The summed E-state index contributed by atoms with van der Waals surface area (Å²) in [6, 6.07) is 12.1. The van der Waals surface area contributed by atoms with Gasteiger partial charge in [-0.05, 0) is 98.6 Å². The Kier molecular flexibility index (Phi) is 5.68. The molecule has 1 unspecified atom stereocenters. The van der Waals surface area contributed by atoms with E-state index in [1.54, 1.807) is 6.07 Å². The summed E-state index contributed by atoms with van der Waals surface area (Å²) in [5, 5.41) is 3.63. The van der Waals surface area contributed by atoms with E-state index in [0.717, 1.165) is 56.4 Å². The molecule has 3 aliphatic rings. The third-order valence-electron chi connectivity index (χ3n) is 7.26. The number of aryl methyl sites for hydroxylation is 1. The number of urea groups is 1. The molecule has 2 heterocycles. The third kappa shape index (κ3) is 3.80. The zero-order chi connectivity index (χ0) is 22.3. The molecule has 32 heavy (non-hydrogen) atoms. The van der Waals surface area contributed by atoms with E-state index in [0.29, 0.717) is 23.9 Å². The van der Waals surface area contributed by atoms with Crippen molar-refractivity contribution in [2.75, 3.05) is 26.2 Å². The lowest BCUT2D eigenvalue weighted by Crippen LogP contribution is -2.42. The topological polar surface area (TPSA) is 52.7 Å². The lowest BCUT2D eigenvalue weighted by Gasteiger charge is -2.32. The highest BCUT2D eigenvalue weighted by Gasteiger charge is 2.55. The highest BCUT2D eigenvalue weighted by atomic mass is 35.5. The van der Waals surface area contributed by atoms with Crippen LogP contribution in [0.1, 0.15) is 48.3 Å². The molecule has 1 spiro atoms.